The Balaban J connectivity index is 0.00000274. The first kappa shape index (κ1) is 24.0. The molecule has 0 aliphatic carbocycles. The van der Waals surface area contributed by atoms with Crippen molar-refractivity contribution in [1.29, 1.82) is 0 Å². The first-order chi connectivity index (χ1) is 16.0. The van der Waals surface area contributed by atoms with Crippen molar-refractivity contribution in [3.05, 3.63) is 107 Å². The van der Waals surface area contributed by atoms with E-state index in [9.17, 15) is 9.18 Å². The minimum absolute atomic E-state index is 0. The summed E-state index contributed by atoms with van der Waals surface area (Å²) >= 11 is 0. The van der Waals surface area contributed by atoms with Crippen LogP contribution in [0.5, 0.6) is 0 Å². The summed E-state index contributed by atoms with van der Waals surface area (Å²) in [5.41, 5.74) is 5.04. The van der Waals surface area contributed by atoms with E-state index in [2.05, 4.69) is 60.4 Å². The number of furan rings is 1. The van der Waals surface area contributed by atoms with E-state index >= 15 is 0 Å². The molecule has 1 amide bonds. The molecule has 176 valence electrons. The van der Waals surface area contributed by atoms with Crippen molar-refractivity contribution in [2.75, 3.05) is 26.2 Å². The molecule has 1 aliphatic rings. The SMILES string of the molecule is Cc1ccccc1C(c1ccccc1)N1CCN(C(=O)c2oc3ccc(F)cc3c2C)CC1.Cl. The summed E-state index contributed by atoms with van der Waals surface area (Å²) in [5.74, 6) is -0.152. The van der Waals surface area contributed by atoms with Crippen LogP contribution < -0.4 is 0 Å². The lowest BCUT2D eigenvalue weighted by Gasteiger charge is -2.40. The summed E-state index contributed by atoms with van der Waals surface area (Å²) in [4.78, 5) is 17.6. The molecule has 0 N–H and O–H groups in total. The molecule has 1 saturated heterocycles. The van der Waals surface area contributed by atoms with Crippen LogP contribution in [0.1, 0.15) is 38.9 Å². The van der Waals surface area contributed by atoms with Gasteiger partial charge in [-0.15, -0.1) is 12.4 Å². The van der Waals surface area contributed by atoms with E-state index < -0.39 is 0 Å². The number of hydrogen-bond donors (Lipinski definition) is 0. The molecular formula is C28H28ClFN2O2. The molecule has 1 aliphatic heterocycles. The van der Waals surface area contributed by atoms with Gasteiger partial charge in [-0.1, -0.05) is 54.6 Å². The monoisotopic (exact) mass is 478 g/mol. The average Bonchev–Trinajstić information content (AvgIpc) is 3.17. The second kappa shape index (κ2) is 10.00. The third-order valence-corrected chi connectivity index (χ3v) is 6.66. The van der Waals surface area contributed by atoms with Crippen LogP contribution in [-0.4, -0.2) is 41.9 Å². The van der Waals surface area contributed by atoms with E-state index in [0.717, 1.165) is 13.1 Å². The van der Waals surface area contributed by atoms with E-state index in [0.29, 0.717) is 35.4 Å². The van der Waals surface area contributed by atoms with Gasteiger partial charge in [-0.3, -0.25) is 9.69 Å². The van der Waals surface area contributed by atoms with Gasteiger partial charge in [0.25, 0.3) is 5.91 Å². The second-order valence-corrected chi connectivity index (χ2v) is 8.69. The van der Waals surface area contributed by atoms with Gasteiger partial charge in [-0.05, 0) is 48.7 Å². The Morgan fingerprint density at radius 3 is 2.29 bits per heavy atom. The zero-order valence-electron chi connectivity index (χ0n) is 19.3. The lowest BCUT2D eigenvalue weighted by molar-refractivity contribution is 0.0568. The minimum Gasteiger partial charge on any atom is -0.451 e. The van der Waals surface area contributed by atoms with Gasteiger partial charge in [-0.25, -0.2) is 4.39 Å². The lowest BCUT2D eigenvalue weighted by Crippen LogP contribution is -2.50. The topological polar surface area (TPSA) is 36.7 Å². The van der Waals surface area contributed by atoms with Crippen LogP contribution in [0.3, 0.4) is 0 Å². The maximum Gasteiger partial charge on any atom is 0.289 e. The number of piperazine rings is 1. The molecule has 4 nitrogen and oxygen atoms in total. The van der Waals surface area contributed by atoms with Crippen LogP contribution in [0.4, 0.5) is 4.39 Å². The van der Waals surface area contributed by atoms with E-state index in [1.54, 1.807) is 6.07 Å². The number of carbonyl (C=O) groups excluding carboxylic acids is 1. The molecule has 1 atom stereocenters. The molecule has 0 spiro atoms. The van der Waals surface area contributed by atoms with Crippen molar-refractivity contribution in [2.24, 2.45) is 0 Å². The highest BCUT2D eigenvalue weighted by Gasteiger charge is 2.31. The predicted molar refractivity (Wildman–Crippen MR) is 135 cm³/mol. The van der Waals surface area contributed by atoms with Crippen molar-refractivity contribution in [2.45, 2.75) is 19.9 Å². The van der Waals surface area contributed by atoms with E-state index in [4.69, 9.17) is 4.42 Å². The number of nitrogens with zero attached hydrogens (tertiary/aromatic N) is 2. The Bertz CT molecular complexity index is 1300. The summed E-state index contributed by atoms with van der Waals surface area (Å²) < 4.78 is 19.5. The Hall–Kier alpha value is -3.15. The van der Waals surface area contributed by atoms with Gasteiger partial charge in [0.1, 0.15) is 11.4 Å². The van der Waals surface area contributed by atoms with Crippen LogP contribution in [0.25, 0.3) is 11.0 Å². The number of halogens is 2. The summed E-state index contributed by atoms with van der Waals surface area (Å²) in [7, 11) is 0. The second-order valence-electron chi connectivity index (χ2n) is 8.69. The molecule has 4 aromatic rings. The largest absolute Gasteiger partial charge is 0.451 e. The fourth-order valence-corrected chi connectivity index (χ4v) is 4.84. The van der Waals surface area contributed by atoms with Crippen molar-refractivity contribution in [1.82, 2.24) is 9.80 Å². The van der Waals surface area contributed by atoms with E-state index in [-0.39, 0.29) is 30.2 Å². The Labute approximate surface area is 205 Å². The minimum atomic E-state index is -0.331. The molecule has 2 heterocycles. The number of carbonyl (C=O) groups is 1. The summed E-state index contributed by atoms with van der Waals surface area (Å²) in [6.45, 7) is 6.70. The maximum absolute atomic E-state index is 13.7. The van der Waals surface area contributed by atoms with Crippen LogP contribution in [-0.2, 0) is 0 Å². The third-order valence-electron chi connectivity index (χ3n) is 6.66. The fraction of sp³-hybridized carbons (Fsp3) is 0.250. The number of amides is 1. The maximum atomic E-state index is 13.7. The zero-order chi connectivity index (χ0) is 22.9. The number of aryl methyl sites for hydroxylation is 2. The standard InChI is InChI=1S/C28H27FN2O2.ClH/c1-19-8-6-7-11-23(19)26(21-9-4-3-5-10-21)30-14-16-31(17-15-30)28(32)27-20(2)24-18-22(29)12-13-25(24)33-27;/h3-13,18,26H,14-17H2,1-2H3;1H. The molecule has 6 heteroatoms. The Kier molecular flexibility index (Phi) is 7.05. The van der Waals surface area contributed by atoms with Crippen LogP contribution in [0, 0.1) is 19.7 Å². The van der Waals surface area contributed by atoms with Gasteiger partial charge < -0.3 is 9.32 Å². The van der Waals surface area contributed by atoms with E-state index in [1.807, 2.05) is 17.9 Å². The van der Waals surface area contributed by atoms with Crippen LogP contribution in [0.2, 0.25) is 0 Å². The molecule has 0 radical (unpaired) electrons. The van der Waals surface area contributed by atoms with Gasteiger partial charge >= 0.3 is 0 Å². The van der Waals surface area contributed by atoms with Crippen molar-refractivity contribution < 1.29 is 13.6 Å². The molecule has 5 rings (SSSR count). The van der Waals surface area contributed by atoms with Gasteiger partial charge in [0, 0.05) is 37.1 Å². The van der Waals surface area contributed by atoms with Crippen molar-refractivity contribution in [3.63, 3.8) is 0 Å². The smallest absolute Gasteiger partial charge is 0.289 e. The normalized spacial score (nSPS) is 15.2. The third kappa shape index (κ3) is 4.46. The molecule has 0 saturated carbocycles. The van der Waals surface area contributed by atoms with Gasteiger partial charge in [0.2, 0.25) is 0 Å². The lowest BCUT2D eigenvalue weighted by atomic mass is 9.93. The molecular weight excluding hydrogens is 451 g/mol. The van der Waals surface area contributed by atoms with Gasteiger partial charge in [-0.2, -0.15) is 0 Å². The fourth-order valence-electron chi connectivity index (χ4n) is 4.84. The van der Waals surface area contributed by atoms with Crippen LogP contribution >= 0.6 is 12.4 Å². The molecule has 1 unspecified atom stereocenters. The average molecular weight is 479 g/mol. The molecule has 1 aromatic heterocycles. The Morgan fingerprint density at radius 1 is 0.912 bits per heavy atom. The highest BCUT2D eigenvalue weighted by molar-refractivity contribution is 5.99. The van der Waals surface area contributed by atoms with Gasteiger partial charge in [0.05, 0.1) is 6.04 Å². The number of rotatable bonds is 4. The van der Waals surface area contributed by atoms with Crippen LogP contribution in [0.15, 0.2) is 77.2 Å². The number of fused-ring (bicyclic) bond motifs is 1. The van der Waals surface area contributed by atoms with Crippen molar-refractivity contribution >= 4 is 29.3 Å². The first-order valence-corrected chi connectivity index (χ1v) is 11.4. The highest BCUT2D eigenvalue weighted by Crippen LogP contribution is 2.32. The number of hydrogen-bond acceptors (Lipinski definition) is 3. The molecule has 34 heavy (non-hydrogen) atoms. The summed E-state index contributed by atoms with van der Waals surface area (Å²) in [6.07, 6.45) is 0. The first-order valence-electron chi connectivity index (χ1n) is 11.4. The molecule has 3 aromatic carbocycles. The zero-order valence-corrected chi connectivity index (χ0v) is 20.1. The number of benzene rings is 3. The highest BCUT2D eigenvalue weighted by atomic mass is 35.5. The van der Waals surface area contributed by atoms with Crippen molar-refractivity contribution in [3.8, 4) is 0 Å². The quantitative estimate of drug-likeness (QED) is 0.352. The summed E-state index contributed by atoms with van der Waals surface area (Å²) in [5, 5.41) is 0.653. The molecule has 0 bridgehead atoms. The summed E-state index contributed by atoms with van der Waals surface area (Å²) in [6, 6.07) is 23.5. The molecule has 1 fully saturated rings. The Morgan fingerprint density at radius 2 is 1.59 bits per heavy atom. The van der Waals surface area contributed by atoms with Gasteiger partial charge in [0.15, 0.2) is 5.76 Å². The predicted octanol–water partition coefficient (Wildman–Crippen LogP) is 6.16. The van der Waals surface area contributed by atoms with E-state index in [1.165, 1.54) is 28.8 Å².